The standard InChI is InChI=1S/C9H7Cl3O3S/c10-4-1-5-15-8-3-2-7(11)6-9(8)16(12,13)14/h1-4,6H,5H2/b4-1+. The van der Waals surface area contributed by atoms with Gasteiger partial charge in [0.25, 0.3) is 9.05 Å². The number of hydrogen-bond acceptors (Lipinski definition) is 3. The van der Waals surface area contributed by atoms with E-state index < -0.39 is 9.05 Å². The highest BCUT2D eigenvalue weighted by atomic mass is 35.7. The summed E-state index contributed by atoms with van der Waals surface area (Å²) in [5, 5.41) is 0.263. The van der Waals surface area contributed by atoms with Crippen molar-refractivity contribution in [3.05, 3.63) is 34.8 Å². The molecule has 0 aliphatic rings. The van der Waals surface area contributed by atoms with Gasteiger partial charge >= 0.3 is 0 Å². The Kier molecular flexibility index (Phi) is 4.92. The maximum absolute atomic E-state index is 11.2. The van der Waals surface area contributed by atoms with Crippen molar-refractivity contribution < 1.29 is 13.2 Å². The molecule has 3 nitrogen and oxygen atoms in total. The van der Waals surface area contributed by atoms with Crippen LogP contribution < -0.4 is 4.74 Å². The lowest BCUT2D eigenvalue weighted by Crippen LogP contribution is -2.00. The number of hydrogen-bond donors (Lipinski definition) is 0. The van der Waals surface area contributed by atoms with Crippen molar-refractivity contribution in [2.24, 2.45) is 0 Å². The van der Waals surface area contributed by atoms with Crippen molar-refractivity contribution in [3.8, 4) is 5.75 Å². The van der Waals surface area contributed by atoms with Gasteiger partial charge in [0.1, 0.15) is 17.3 Å². The summed E-state index contributed by atoms with van der Waals surface area (Å²) >= 11 is 11.0. The summed E-state index contributed by atoms with van der Waals surface area (Å²) in [6.07, 6.45) is 1.51. The van der Waals surface area contributed by atoms with E-state index in [2.05, 4.69) is 0 Å². The van der Waals surface area contributed by atoms with E-state index in [9.17, 15) is 8.42 Å². The van der Waals surface area contributed by atoms with Crippen LogP contribution in [0.1, 0.15) is 0 Å². The monoisotopic (exact) mass is 300 g/mol. The molecule has 0 N–H and O–H groups in total. The third-order valence-electron chi connectivity index (χ3n) is 1.59. The second kappa shape index (κ2) is 5.77. The van der Waals surface area contributed by atoms with Crippen molar-refractivity contribution in [2.75, 3.05) is 6.61 Å². The maximum Gasteiger partial charge on any atom is 0.265 e. The van der Waals surface area contributed by atoms with Crippen LogP contribution in [0.2, 0.25) is 5.02 Å². The first-order chi connectivity index (χ1) is 7.45. The first kappa shape index (κ1) is 13.6. The van der Waals surface area contributed by atoms with Gasteiger partial charge in [-0.05, 0) is 24.3 Å². The molecule has 1 aromatic carbocycles. The summed E-state index contributed by atoms with van der Waals surface area (Å²) < 4.78 is 27.6. The van der Waals surface area contributed by atoms with Gasteiger partial charge in [0, 0.05) is 21.2 Å². The Balaban J connectivity index is 3.08. The van der Waals surface area contributed by atoms with E-state index in [1.54, 1.807) is 0 Å². The topological polar surface area (TPSA) is 43.4 Å². The maximum atomic E-state index is 11.2. The fraction of sp³-hybridized carbons (Fsp3) is 0.111. The highest BCUT2D eigenvalue weighted by molar-refractivity contribution is 8.13. The van der Waals surface area contributed by atoms with Crippen molar-refractivity contribution in [1.29, 1.82) is 0 Å². The van der Waals surface area contributed by atoms with Gasteiger partial charge in [-0.3, -0.25) is 0 Å². The van der Waals surface area contributed by atoms with Crippen LogP contribution in [-0.2, 0) is 9.05 Å². The van der Waals surface area contributed by atoms with Crippen molar-refractivity contribution in [1.82, 2.24) is 0 Å². The zero-order chi connectivity index (χ0) is 12.2. The fourth-order valence-corrected chi connectivity index (χ4v) is 2.27. The molecule has 1 aromatic rings. The third-order valence-corrected chi connectivity index (χ3v) is 3.35. The lowest BCUT2D eigenvalue weighted by atomic mass is 10.3. The summed E-state index contributed by atoms with van der Waals surface area (Å²) in [6.45, 7) is 0.143. The van der Waals surface area contributed by atoms with Gasteiger partial charge in [0.05, 0.1) is 0 Å². The second-order valence-corrected chi connectivity index (χ2v) is 5.92. The summed E-state index contributed by atoms with van der Waals surface area (Å²) in [7, 11) is 1.35. The van der Waals surface area contributed by atoms with Gasteiger partial charge < -0.3 is 4.74 Å². The summed E-state index contributed by atoms with van der Waals surface area (Å²) in [4.78, 5) is -0.162. The van der Waals surface area contributed by atoms with E-state index in [1.165, 1.54) is 29.8 Å². The summed E-state index contributed by atoms with van der Waals surface area (Å²) in [5.74, 6) is 0.133. The van der Waals surface area contributed by atoms with E-state index in [1.807, 2.05) is 0 Å². The molecule has 16 heavy (non-hydrogen) atoms. The Morgan fingerprint density at radius 2 is 2.06 bits per heavy atom. The highest BCUT2D eigenvalue weighted by Gasteiger charge is 2.17. The number of halogens is 3. The predicted molar refractivity (Wildman–Crippen MR) is 65.0 cm³/mol. The molecule has 88 valence electrons. The Bertz CT molecular complexity index is 497. The van der Waals surface area contributed by atoms with Crippen LogP contribution in [0.4, 0.5) is 0 Å². The first-order valence-corrected chi connectivity index (χ1v) is 7.20. The molecule has 0 aliphatic heterocycles. The van der Waals surface area contributed by atoms with Crippen LogP contribution in [0.25, 0.3) is 0 Å². The van der Waals surface area contributed by atoms with E-state index in [0.29, 0.717) is 0 Å². The fourth-order valence-electron chi connectivity index (χ4n) is 0.966. The second-order valence-electron chi connectivity index (χ2n) is 2.70. The Hall–Kier alpha value is -0.420. The lowest BCUT2D eigenvalue weighted by Gasteiger charge is -2.07. The Morgan fingerprint density at radius 3 is 2.62 bits per heavy atom. The van der Waals surface area contributed by atoms with Crippen LogP contribution in [0.5, 0.6) is 5.75 Å². The number of benzene rings is 1. The molecule has 0 unspecified atom stereocenters. The van der Waals surface area contributed by atoms with Gasteiger partial charge in [-0.15, -0.1) is 0 Å². The molecule has 7 heteroatoms. The average molecular weight is 302 g/mol. The predicted octanol–water partition coefficient (Wildman–Crippen LogP) is 3.40. The molecule has 0 saturated carbocycles. The summed E-state index contributed by atoms with van der Waals surface area (Å²) in [6, 6.07) is 4.16. The number of ether oxygens (including phenoxy) is 1. The van der Waals surface area contributed by atoms with Crippen LogP contribution in [0.3, 0.4) is 0 Å². The first-order valence-electron chi connectivity index (χ1n) is 4.07. The van der Waals surface area contributed by atoms with E-state index in [4.69, 9.17) is 38.6 Å². The molecular weight excluding hydrogens is 295 g/mol. The minimum Gasteiger partial charge on any atom is -0.488 e. The van der Waals surface area contributed by atoms with E-state index in [-0.39, 0.29) is 22.3 Å². The largest absolute Gasteiger partial charge is 0.488 e. The third kappa shape index (κ3) is 3.87. The molecule has 0 aromatic heterocycles. The van der Waals surface area contributed by atoms with Crippen LogP contribution in [-0.4, -0.2) is 15.0 Å². The van der Waals surface area contributed by atoms with E-state index >= 15 is 0 Å². The van der Waals surface area contributed by atoms with Crippen LogP contribution in [0.15, 0.2) is 34.7 Å². The van der Waals surface area contributed by atoms with Gasteiger partial charge in [-0.25, -0.2) is 8.42 Å². The molecule has 0 fully saturated rings. The Morgan fingerprint density at radius 1 is 1.38 bits per heavy atom. The Labute approximate surface area is 108 Å². The van der Waals surface area contributed by atoms with Gasteiger partial charge in [0.15, 0.2) is 0 Å². The van der Waals surface area contributed by atoms with Crippen LogP contribution in [0, 0.1) is 0 Å². The molecule has 0 bridgehead atoms. The zero-order valence-electron chi connectivity index (χ0n) is 7.86. The molecule has 0 atom stereocenters. The van der Waals surface area contributed by atoms with E-state index in [0.717, 1.165) is 0 Å². The quantitative estimate of drug-likeness (QED) is 0.801. The van der Waals surface area contributed by atoms with Crippen molar-refractivity contribution in [2.45, 2.75) is 4.90 Å². The van der Waals surface area contributed by atoms with Gasteiger partial charge in [-0.1, -0.05) is 23.2 Å². The van der Waals surface area contributed by atoms with Gasteiger partial charge in [-0.2, -0.15) is 0 Å². The van der Waals surface area contributed by atoms with Gasteiger partial charge in [0.2, 0.25) is 0 Å². The molecule has 0 radical (unpaired) electrons. The minimum atomic E-state index is -3.89. The molecule has 1 rings (SSSR count). The van der Waals surface area contributed by atoms with Crippen LogP contribution >= 0.6 is 33.9 Å². The molecule has 0 amide bonds. The zero-order valence-corrected chi connectivity index (χ0v) is 10.9. The normalized spacial score (nSPS) is 11.9. The minimum absolute atomic E-state index is 0.133. The molecule has 0 saturated heterocycles. The molecular formula is C9H7Cl3O3S. The highest BCUT2D eigenvalue weighted by Crippen LogP contribution is 2.29. The number of rotatable bonds is 4. The SMILES string of the molecule is O=S(=O)(Cl)c1cc(Cl)ccc1OC/C=C/Cl. The molecule has 0 spiro atoms. The van der Waals surface area contributed by atoms with Crippen molar-refractivity contribution in [3.63, 3.8) is 0 Å². The molecule has 0 heterocycles. The van der Waals surface area contributed by atoms with Crippen molar-refractivity contribution >= 4 is 42.9 Å². The lowest BCUT2D eigenvalue weighted by molar-refractivity contribution is 0.353. The average Bonchev–Trinajstić information content (AvgIpc) is 2.19. The molecule has 0 aliphatic carbocycles. The summed E-state index contributed by atoms with van der Waals surface area (Å²) in [5.41, 5.74) is 1.27. The smallest absolute Gasteiger partial charge is 0.265 e.